The number of nitrogens with two attached hydrogens (primary N) is 1. The standard InChI is InChI=1S/C12H16N2/c1-14-8-6-11(7-9-14)10-2-4-12(13)5-3-10/h2-6H,7-9,13H2,1H3. The Hall–Kier alpha value is -1.28. The number of rotatable bonds is 1. The average molecular weight is 188 g/mol. The van der Waals surface area contributed by atoms with Crippen LogP contribution in [0.1, 0.15) is 12.0 Å². The molecule has 1 heterocycles. The Morgan fingerprint density at radius 1 is 1.21 bits per heavy atom. The molecule has 0 saturated heterocycles. The maximum atomic E-state index is 5.65. The van der Waals surface area contributed by atoms with Gasteiger partial charge >= 0.3 is 0 Å². The Balaban J connectivity index is 2.19. The molecule has 0 radical (unpaired) electrons. The summed E-state index contributed by atoms with van der Waals surface area (Å²) < 4.78 is 0. The highest BCUT2D eigenvalue weighted by molar-refractivity contribution is 5.67. The zero-order valence-electron chi connectivity index (χ0n) is 8.53. The first-order valence-electron chi connectivity index (χ1n) is 4.99. The van der Waals surface area contributed by atoms with E-state index in [1.165, 1.54) is 11.1 Å². The van der Waals surface area contributed by atoms with Crippen molar-refractivity contribution >= 4 is 11.3 Å². The summed E-state index contributed by atoms with van der Waals surface area (Å²) in [4.78, 5) is 2.32. The number of hydrogen-bond donors (Lipinski definition) is 1. The Labute approximate surface area is 85.0 Å². The minimum atomic E-state index is 0.835. The molecule has 0 aliphatic carbocycles. The van der Waals surface area contributed by atoms with Crippen LogP contribution in [0.4, 0.5) is 5.69 Å². The van der Waals surface area contributed by atoms with Crippen molar-refractivity contribution in [2.45, 2.75) is 6.42 Å². The van der Waals surface area contributed by atoms with Gasteiger partial charge in [-0.2, -0.15) is 0 Å². The van der Waals surface area contributed by atoms with Gasteiger partial charge < -0.3 is 10.6 Å². The number of benzene rings is 1. The molecule has 1 aliphatic rings. The Morgan fingerprint density at radius 3 is 2.50 bits per heavy atom. The maximum Gasteiger partial charge on any atom is 0.0314 e. The smallest absolute Gasteiger partial charge is 0.0314 e. The second-order valence-corrected chi connectivity index (χ2v) is 3.86. The van der Waals surface area contributed by atoms with Crippen LogP contribution in [0.2, 0.25) is 0 Å². The summed E-state index contributed by atoms with van der Waals surface area (Å²) in [6.07, 6.45) is 3.44. The zero-order chi connectivity index (χ0) is 9.97. The van der Waals surface area contributed by atoms with E-state index in [4.69, 9.17) is 5.73 Å². The normalized spacial score (nSPS) is 17.9. The van der Waals surface area contributed by atoms with E-state index in [-0.39, 0.29) is 0 Å². The van der Waals surface area contributed by atoms with Gasteiger partial charge in [-0.05, 0) is 36.7 Å². The van der Waals surface area contributed by atoms with Crippen LogP contribution in [-0.2, 0) is 0 Å². The molecule has 74 valence electrons. The van der Waals surface area contributed by atoms with E-state index in [2.05, 4.69) is 30.2 Å². The van der Waals surface area contributed by atoms with Crippen molar-refractivity contribution in [1.82, 2.24) is 4.90 Å². The fourth-order valence-electron chi connectivity index (χ4n) is 1.73. The fraction of sp³-hybridized carbons (Fsp3) is 0.333. The Bertz CT molecular complexity index is 338. The summed E-state index contributed by atoms with van der Waals surface area (Å²) in [6, 6.07) is 8.14. The van der Waals surface area contributed by atoms with Crippen molar-refractivity contribution in [3.63, 3.8) is 0 Å². The predicted molar refractivity (Wildman–Crippen MR) is 60.9 cm³/mol. The first kappa shape index (κ1) is 9.28. The van der Waals surface area contributed by atoms with Crippen LogP contribution < -0.4 is 5.73 Å². The average Bonchev–Trinajstić information content (AvgIpc) is 2.21. The van der Waals surface area contributed by atoms with Gasteiger partial charge in [0.1, 0.15) is 0 Å². The van der Waals surface area contributed by atoms with Gasteiger partial charge in [-0.25, -0.2) is 0 Å². The van der Waals surface area contributed by atoms with Gasteiger partial charge in [0.15, 0.2) is 0 Å². The molecule has 0 unspecified atom stereocenters. The van der Waals surface area contributed by atoms with E-state index in [0.717, 1.165) is 25.2 Å². The monoisotopic (exact) mass is 188 g/mol. The van der Waals surface area contributed by atoms with Crippen molar-refractivity contribution < 1.29 is 0 Å². The highest BCUT2D eigenvalue weighted by Crippen LogP contribution is 2.22. The SMILES string of the molecule is CN1CC=C(c2ccc(N)cc2)CC1. The molecule has 0 atom stereocenters. The predicted octanol–water partition coefficient (Wildman–Crippen LogP) is 1.99. The fourth-order valence-corrected chi connectivity index (χ4v) is 1.73. The van der Waals surface area contributed by atoms with E-state index in [0.29, 0.717) is 0 Å². The summed E-state index contributed by atoms with van der Waals surface area (Å²) in [5.41, 5.74) is 9.25. The largest absolute Gasteiger partial charge is 0.399 e. The second kappa shape index (κ2) is 3.84. The van der Waals surface area contributed by atoms with Crippen LogP contribution in [0.15, 0.2) is 30.3 Å². The molecule has 2 nitrogen and oxygen atoms in total. The molecule has 2 rings (SSSR count). The summed E-state index contributed by atoms with van der Waals surface area (Å²) in [5.74, 6) is 0. The number of nitrogen functional groups attached to an aromatic ring is 1. The maximum absolute atomic E-state index is 5.65. The third-order valence-corrected chi connectivity index (χ3v) is 2.69. The van der Waals surface area contributed by atoms with Crippen molar-refractivity contribution in [3.05, 3.63) is 35.9 Å². The van der Waals surface area contributed by atoms with Crippen molar-refractivity contribution in [2.24, 2.45) is 0 Å². The highest BCUT2D eigenvalue weighted by Gasteiger charge is 2.08. The van der Waals surface area contributed by atoms with Gasteiger partial charge in [0.25, 0.3) is 0 Å². The topological polar surface area (TPSA) is 29.3 Å². The quantitative estimate of drug-likeness (QED) is 0.683. The van der Waals surface area contributed by atoms with E-state index < -0.39 is 0 Å². The van der Waals surface area contributed by atoms with Crippen LogP contribution in [0, 0.1) is 0 Å². The summed E-state index contributed by atoms with van der Waals surface area (Å²) in [7, 11) is 2.15. The van der Waals surface area contributed by atoms with Gasteiger partial charge in [-0.3, -0.25) is 0 Å². The van der Waals surface area contributed by atoms with Crippen LogP contribution in [-0.4, -0.2) is 25.0 Å². The minimum absolute atomic E-state index is 0.835. The van der Waals surface area contributed by atoms with Crippen LogP contribution in [0.5, 0.6) is 0 Å². The van der Waals surface area contributed by atoms with Crippen molar-refractivity contribution in [2.75, 3.05) is 25.9 Å². The van der Waals surface area contributed by atoms with Gasteiger partial charge in [0.2, 0.25) is 0 Å². The van der Waals surface area contributed by atoms with E-state index in [1.807, 2.05) is 12.1 Å². The van der Waals surface area contributed by atoms with Gasteiger partial charge in [-0.1, -0.05) is 18.2 Å². The van der Waals surface area contributed by atoms with Crippen molar-refractivity contribution in [3.8, 4) is 0 Å². The lowest BCUT2D eigenvalue weighted by Crippen LogP contribution is -2.23. The lowest BCUT2D eigenvalue weighted by molar-refractivity contribution is 0.370. The molecule has 0 aromatic heterocycles. The van der Waals surface area contributed by atoms with Crippen LogP contribution in [0.25, 0.3) is 5.57 Å². The number of nitrogens with zero attached hydrogens (tertiary/aromatic N) is 1. The summed E-state index contributed by atoms with van der Waals surface area (Å²) in [5, 5.41) is 0. The van der Waals surface area contributed by atoms with Gasteiger partial charge in [0, 0.05) is 18.8 Å². The third kappa shape index (κ3) is 1.96. The van der Waals surface area contributed by atoms with Crippen LogP contribution >= 0.6 is 0 Å². The highest BCUT2D eigenvalue weighted by atomic mass is 15.1. The molecule has 14 heavy (non-hydrogen) atoms. The Kier molecular flexibility index (Phi) is 2.55. The lowest BCUT2D eigenvalue weighted by Gasteiger charge is -2.22. The molecule has 0 fully saturated rings. The summed E-state index contributed by atoms with van der Waals surface area (Å²) in [6.45, 7) is 2.20. The number of anilines is 1. The lowest BCUT2D eigenvalue weighted by atomic mass is 9.99. The molecule has 2 N–H and O–H groups in total. The van der Waals surface area contributed by atoms with Gasteiger partial charge in [0.05, 0.1) is 0 Å². The number of likely N-dealkylation sites (N-methyl/N-ethyl adjacent to an activating group) is 1. The van der Waals surface area contributed by atoms with Crippen molar-refractivity contribution in [1.29, 1.82) is 0 Å². The molecular formula is C12H16N2. The third-order valence-electron chi connectivity index (χ3n) is 2.69. The second-order valence-electron chi connectivity index (χ2n) is 3.86. The first-order chi connectivity index (χ1) is 6.75. The molecule has 0 amide bonds. The first-order valence-corrected chi connectivity index (χ1v) is 4.99. The minimum Gasteiger partial charge on any atom is -0.399 e. The molecule has 1 aromatic carbocycles. The molecule has 0 spiro atoms. The zero-order valence-corrected chi connectivity index (χ0v) is 8.53. The van der Waals surface area contributed by atoms with Gasteiger partial charge in [-0.15, -0.1) is 0 Å². The van der Waals surface area contributed by atoms with Crippen LogP contribution in [0.3, 0.4) is 0 Å². The molecular weight excluding hydrogens is 172 g/mol. The Morgan fingerprint density at radius 2 is 1.93 bits per heavy atom. The summed E-state index contributed by atoms with van der Waals surface area (Å²) >= 11 is 0. The molecule has 2 heteroatoms. The molecule has 0 saturated carbocycles. The molecule has 1 aliphatic heterocycles. The molecule has 0 bridgehead atoms. The number of hydrogen-bond acceptors (Lipinski definition) is 2. The van der Waals surface area contributed by atoms with E-state index in [9.17, 15) is 0 Å². The molecule has 1 aromatic rings. The van der Waals surface area contributed by atoms with E-state index >= 15 is 0 Å². The van der Waals surface area contributed by atoms with E-state index in [1.54, 1.807) is 0 Å².